The minimum absolute atomic E-state index is 0.0259. The van der Waals surface area contributed by atoms with Crippen molar-refractivity contribution in [2.75, 3.05) is 24.2 Å². The number of aromatic nitrogens is 4. The minimum Gasteiger partial charge on any atom is -0.457 e. The largest absolute Gasteiger partial charge is 0.457 e. The molecule has 1 amide bonds. The van der Waals surface area contributed by atoms with Crippen molar-refractivity contribution >= 4 is 38.7 Å². The fraction of sp³-hybridized carbons (Fsp3) is 0.231. The van der Waals surface area contributed by atoms with Crippen LogP contribution in [-0.4, -0.2) is 49.0 Å². The Hall–Kier alpha value is -3.72. The molecule has 1 fully saturated rings. The average molecular weight is 533 g/mol. The molecule has 0 aliphatic carbocycles. The average Bonchev–Trinajstić information content (AvgIpc) is 3.30. The molecule has 5 rings (SSSR count). The van der Waals surface area contributed by atoms with Crippen LogP contribution in [0.1, 0.15) is 18.9 Å². The molecule has 1 unspecified atom stereocenters. The summed E-state index contributed by atoms with van der Waals surface area (Å²) in [5.74, 6) is 1.83. The summed E-state index contributed by atoms with van der Waals surface area (Å²) in [6.45, 7) is 5.12. The predicted molar refractivity (Wildman–Crippen MR) is 139 cm³/mol. The third-order valence-corrected chi connectivity index (χ3v) is 6.80. The zero-order chi connectivity index (χ0) is 24.4. The molecule has 0 bridgehead atoms. The monoisotopic (exact) mass is 532 g/mol. The molecule has 35 heavy (non-hydrogen) atoms. The summed E-state index contributed by atoms with van der Waals surface area (Å²) in [6, 6.07) is 17.3. The molecule has 0 radical (unpaired) electrons. The van der Waals surface area contributed by atoms with Crippen LogP contribution in [0.2, 0.25) is 0 Å². The van der Waals surface area contributed by atoms with Crippen molar-refractivity contribution in [1.29, 1.82) is 0 Å². The zero-order valence-corrected chi connectivity index (χ0v) is 20.7. The SMILES string of the molecule is C=C(CBr)C(=O)N1CCCC(n2nc(-c3ccc(Oc4ccccc4)cc3)c3c(N)ncnc32)C1. The molecule has 2 aromatic carbocycles. The van der Waals surface area contributed by atoms with E-state index in [-0.39, 0.29) is 11.9 Å². The van der Waals surface area contributed by atoms with Gasteiger partial charge in [0.25, 0.3) is 0 Å². The van der Waals surface area contributed by atoms with E-state index in [1.54, 1.807) is 0 Å². The molecular formula is C26H25BrN6O2. The topological polar surface area (TPSA) is 99.2 Å². The quantitative estimate of drug-likeness (QED) is 0.277. The summed E-state index contributed by atoms with van der Waals surface area (Å²) >= 11 is 3.33. The van der Waals surface area contributed by atoms with E-state index in [0.717, 1.165) is 29.9 Å². The summed E-state index contributed by atoms with van der Waals surface area (Å²) in [5.41, 5.74) is 9.09. The van der Waals surface area contributed by atoms with Gasteiger partial charge in [0.15, 0.2) is 5.65 Å². The second-order valence-corrected chi connectivity index (χ2v) is 9.04. The number of alkyl halides is 1. The lowest BCUT2D eigenvalue weighted by molar-refractivity contribution is -0.128. The van der Waals surface area contributed by atoms with Crippen molar-refractivity contribution in [3.05, 3.63) is 73.1 Å². The highest BCUT2D eigenvalue weighted by atomic mass is 79.9. The van der Waals surface area contributed by atoms with Gasteiger partial charge in [-0.15, -0.1) is 0 Å². The molecule has 2 N–H and O–H groups in total. The third kappa shape index (κ3) is 4.64. The smallest absolute Gasteiger partial charge is 0.250 e. The highest BCUT2D eigenvalue weighted by Crippen LogP contribution is 2.35. The number of ether oxygens (including phenoxy) is 1. The van der Waals surface area contributed by atoms with Gasteiger partial charge in [0, 0.05) is 29.6 Å². The van der Waals surface area contributed by atoms with E-state index in [1.165, 1.54) is 6.33 Å². The Morgan fingerprint density at radius 2 is 1.86 bits per heavy atom. The number of para-hydroxylation sites is 1. The number of rotatable bonds is 6. The molecule has 8 nitrogen and oxygen atoms in total. The molecule has 2 aromatic heterocycles. The highest BCUT2D eigenvalue weighted by molar-refractivity contribution is 9.09. The second kappa shape index (κ2) is 9.87. The van der Waals surface area contributed by atoms with Crippen LogP contribution in [0.3, 0.4) is 0 Å². The number of likely N-dealkylation sites (tertiary alicyclic amines) is 1. The lowest BCUT2D eigenvalue weighted by Gasteiger charge is -2.33. The first-order chi connectivity index (χ1) is 17.0. The first-order valence-electron chi connectivity index (χ1n) is 11.4. The van der Waals surface area contributed by atoms with Gasteiger partial charge in [0.05, 0.1) is 11.4 Å². The summed E-state index contributed by atoms with van der Waals surface area (Å²) in [7, 11) is 0. The van der Waals surface area contributed by atoms with Crippen LogP contribution in [-0.2, 0) is 4.79 Å². The van der Waals surface area contributed by atoms with Gasteiger partial charge in [-0.25, -0.2) is 14.6 Å². The Kier molecular flexibility index (Phi) is 6.50. The van der Waals surface area contributed by atoms with Crippen LogP contribution in [0.25, 0.3) is 22.3 Å². The molecule has 9 heteroatoms. The van der Waals surface area contributed by atoms with Gasteiger partial charge in [0.2, 0.25) is 5.91 Å². The lowest BCUT2D eigenvalue weighted by atomic mass is 10.0. The van der Waals surface area contributed by atoms with E-state index < -0.39 is 0 Å². The normalized spacial score (nSPS) is 15.8. The predicted octanol–water partition coefficient (Wildman–Crippen LogP) is 4.98. The standard InChI is InChI=1S/C26H25BrN6O2/c1-17(14-27)26(34)32-13-5-6-19(15-32)33-25-22(24(28)29-16-30-25)23(31-33)18-9-11-21(12-10-18)35-20-7-3-2-4-8-20/h2-4,7-12,16,19H,1,5-6,13-15H2,(H2,28,29,30). The maximum absolute atomic E-state index is 12.7. The van der Waals surface area contributed by atoms with Gasteiger partial charge in [-0.1, -0.05) is 40.7 Å². The number of anilines is 1. The third-order valence-electron chi connectivity index (χ3n) is 6.12. The maximum Gasteiger partial charge on any atom is 0.250 e. The molecule has 1 aliphatic rings. The molecule has 3 heterocycles. The Balaban J connectivity index is 1.48. The molecule has 1 atom stereocenters. The Labute approximate surface area is 211 Å². The first kappa shape index (κ1) is 23.0. The number of hydrogen-bond donors (Lipinski definition) is 1. The number of halogens is 1. The fourth-order valence-corrected chi connectivity index (χ4v) is 4.62. The van der Waals surface area contributed by atoms with E-state index in [0.29, 0.717) is 46.5 Å². The molecule has 0 saturated carbocycles. The van der Waals surface area contributed by atoms with Crippen LogP contribution in [0, 0.1) is 0 Å². The zero-order valence-electron chi connectivity index (χ0n) is 19.1. The van der Waals surface area contributed by atoms with Crippen molar-refractivity contribution in [2.45, 2.75) is 18.9 Å². The first-order valence-corrected chi connectivity index (χ1v) is 12.5. The number of amides is 1. The summed E-state index contributed by atoms with van der Waals surface area (Å²) < 4.78 is 7.82. The Morgan fingerprint density at radius 3 is 2.60 bits per heavy atom. The second-order valence-electron chi connectivity index (χ2n) is 8.47. The summed E-state index contributed by atoms with van der Waals surface area (Å²) in [5, 5.41) is 6.10. The van der Waals surface area contributed by atoms with Gasteiger partial charge in [0.1, 0.15) is 29.3 Å². The van der Waals surface area contributed by atoms with Gasteiger partial charge >= 0.3 is 0 Å². The van der Waals surface area contributed by atoms with Gasteiger partial charge in [-0.3, -0.25) is 4.79 Å². The van der Waals surface area contributed by atoms with E-state index in [9.17, 15) is 4.79 Å². The van der Waals surface area contributed by atoms with Crippen molar-refractivity contribution in [1.82, 2.24) is 24.6 Å². The van der Waals surface area contributed by atoms with Crippen LogP contribution in [0.15, 0.2) is 73.1 Å². The van der Waals surface area contributed by atoms with Crippen molar-refractivity contribution < 1.29 is 9.53 Å². The van der Waals surface area contributed by atoms with Gasteiger partial charge < -0.3 is 15.4 Å². The highest BCUT2D eigenvalue weighted by Gasteiger charge is 2.29. The fourth-order valence-electron chi connectivity index (χ4n) is 4.38. The lowest BCUT2D eigenvalue weighted by Crippen LogP contribution is -2.41. The van der Waals surface area contributed by atoms with Gasteiger partial charge in [-0.2, -0.15) is 5.10 Å². The van der Waals surface area contributed by atoms with Crippen molar-refractivity contribution in [3.63, 3.8) is 0 Å². The van der Waals surface area contributed by atoms with Crippen LogP contribution < -0.4 is 10.5 Å². The summed E-state index contributed by atoms with van der Waals surface area (Å²) in [6.07, 6.45) is 3.21. The number of carbonyl (C=O) groups excluding carboxylic acids is 1. The number of hydrogen-bond acceptors (Lipinski definition) is 6. The van der Waals surface area contributed by atoms with E-state index in [1.807, 2.05) is 64.2 Å². The van der Waals surface area contributed by atoms with Crippen LogP contribution in [0.5, 0.6) is 11.5 Å². The molecule has 1 aliphatic heterocycles. The van der Waals surface area contributed by atoms with Crippen LogP contribution in [0.4, 0.5) is 5.82 Å². The Morgan fingerprint density at radius 1 is 1.11 bits per heavy atom. The Bertz CT molecular complexity index is 1370. The number of piperidine rings is 1. The van der Waals surface area contributed by atoms with Crippen molar-refractivity contribution in [3.8, 4) is 22.8 Å². The molecule has 1 saturated heterocycles. The van der Waals surface area contributed by atoms with Crippen molar-refractivity contribution in [2.24, 2.45) is 0 Å². The number of nitrogens with zero attached hydrogens (tertiary/aromatic N) is 5. The molecule has 0 spiro atoms. The molecule has 4 aromatic rings. The minimum atomic E-state index is -0.0357. The number of nitrogen functional groups attached to an aromatic ring is 1. The van der Waals surface area contributed by atoms with Gasteiger partial charge in [-0.05, 0) is 49.2 Å². The van der Waals surface area contributed by atoms with E-state index >= 15 is 0 Å². The number of carbonyl (C=O) groups is 1. The molecular weight excluding hydrogens is 508 g/mol. The van der Waals surface area contributed by atoms with E-state index in [2.05, 4.69) is 32.5 Å². The maximum atomic E-state index is 12.7. The number of fused-ring (bicyclic) bond motifs is 1. The summed E-state index contributed by atoms with van der Waals surface area (Å²) in [4.78, 5) is 23.3. The number of nitrogens with two attached hydrogens (primary N) is 1. The van der Waals surface area contributed by atoms with Crippen LogP contribution >= 0.6 is 15.9 Å². The molecule has 178 valence electrons. The number of benzene rings is 2. The van der Waals surface area contributed by atoms with E-state index in [4.69, 9.17) is 15.6 Å².